The van der Waals surface area contributed by atoms with Gasteiger partial charge in [0.05, 0.1) is 16.6 Å². The van der Waals surface area contributed by atoms with Crippen LogP contribution in [0.2, 0.25) is 0 Å². The molecule has 0 saturated carbocycles. The first-order valence-electron chi connectivity index (χ1n) is 9.41. The molecular weight excluding hydrogens is 318 g/mol. The van der Waals surface area contributed by atoms with Crippen LogP contribution < -0.4 is 0 Å². The number of hydrogen-bond donors (Lipinski definition) is 1. The number of fused-ring (bicyclic) bond motifs is 3. The first-order valence-corrected chi connectivity index (χ1v) is 9.41. The number of aryl methyl sites for hydroxylation is 2. The Morgan fingerprint density at radius 3 is 2.27 bits per heavy atom. The van der Waals surface area contributed by atoms with Crippen LogP contribution in [0.25, 0.3) is 16.7 Å². The summed E-state index contributed by atoms with van der Waals surface area (Å²) in [4.78, 5) is 0. The van der Waals surface area contributed by atoms with E-state index in [0.29, 0.717) is 0 Å². The molecule has 2 aliphatic rings. The number of hydrogen-bond acceptors (Lipinski definition) is 1. The fraction of sp³-hybridized carbons (Fsp3) is 0.375. The summed E-state index contributed by atoms with van der Waals surface area (Å²) in [6.45, 7) is 13.3. The molecule has 1 aliphatic heterocycles. The van der Waals surface area contributed by atoms with Gasteiger partial charge in [-0.3, -0.25) is 5.21 Å². The minimum absolute atomic E-state index is 0.0693. The standard InChI is InChI=1S/C24H28NO/c1-15-8-7-9-16(2)21(15)17-10-11-18-19-13-23(3,4)14-24(5,6)22(19)25(26)20(18)12-17/h7-13,26H,14H2,1-6H3/q+1. The van der Waals surface area contributed by atoms with Crippen molar-refractivity contribution in [1.29, 1.82) is 0 Å². The highest BCUT2D eigenvalue weighted by atomic mass is 16.5. The summed E-state index contributed by atoms with van der Waals surface area (Å²) in [7, 11) is 0. The monoisotopic (exact) mass is 346 g/mol. The molecule has 0 atom stereocenters. The van der Waals surface area contributed by atoms with Gasteiger partial charge in [-0.15, -0.1) is 0 Å². The van der Waals surface area contributed by atoms with E-state index in [0.717, 1.165) is 28.9 Å². The quantitative estimate of drug-likeness (QED) is 0.475. The Hall–Kier alpha value is -2.35. The lowest BCUT2D eigenvalue weighted by molar-refractivity contribution is -0.712. The molecule has 0 amide bonds. The first kappa shape index (κ1) is 17.1. The van der Waals surface area contributed by atoms with Crippen molar-refractivity contribution in [3.8, 4) is 11.1 Å². The van der Waals surface area contributed by atoms with Gasteiger partial charge in [-0.1, -0.05) is 44.2 Å². The number of rotatable bonds is 1. The Balaban J connectivity index is 1.95. The molecule has 0 aromatic heterocycles. The van der Waals surface area contributed by atoms with Crippen LogP contribution in [0.5, 0.6) is 0 Å². The molecule has 26 heavy (non-hydrogen) atoms. The van der Waals surface area contributed by atoms with Gasteiger partial charge in [-0.2, -0.15) is 0 Å². The average Bonchev–Trinajstić information content (AvgIpc) is 2.78. The van der Waals surface area contributed by atoms with Crippen molar-refractivity contribution < 1.29 is 9.95 Å². The summed E-state index contributed by atoms with van der Waals surface area (Å²) in [6, 6.07) is 12.9. The molecule has 0 bridgehead atoms. The second kappa shape index (κ2) is 5.33. The molecule has 0 radical (unpaired) electrons. The van der Waals surface area contributed by atoms with E-state index < -0.39 is 0 Å². The third-order valence-corrected chi connectivity index (χ3v) is 5.83. The highest BCUT2D eigenvalue weighted by molar-refractivity contribution is 6.27. The maximum Gasteiger partial charge on any atom is 0.266 e. The van der Waals surface area contributed by atoms with Crippen molar-refractivity contribution in [2.75, 3.05) is 0 Å². The number of allylic oxidation sites excluding steroid dienone is 2. The van der Waals surface area contributed by atoms with Crippen molar-refractivity contribution in [2.24, 2.45) is 10.8 Å². The SMILES string of the molecule is Cc1cccc(C)c1-c1ccc2c(c1)[N+](O)=C1C2=CC(C)(C)CC1(C)C. The van der Waals surface area contributed by atoms with Gasteiger partial charge < -0.3 is 0 Å². The van der Waals surface area contributed by atoms with Gasteiger partial charge >= 0.3 is 0 Å². The molecule has 0 saturated heterocycles. The molecule has 2 nitrogen and oxygen atoms in total. The molecule has 0 unspecified atom stereocenters. The normalized spacial score (nSPS) is 19.8. The van der Waals surface area contributed by atoms with Crippen molar-refractivity contribution in [2.45, 2.75) is 48.0 Å². The van der Waals surface area contributed by atoms with Crippen molar-refractivity contribution >= 4 is 17.0 Å². The van der Waals surface area contributed by atoms with Gasteiger partial charge in [0.15, 0.2) is 0 Å². The summed E-state index contributed by atoms with van der Waals surface area (Å²) in [5, 5.41) is 11.0. The van der Waals surface area contributed by atoms with Crippen molar-refractivity contribution in [3.05, 3.63) is 59.2 Å². The molecule has 2 heteroatoms. The zero-order valence-corrected chi connectivity index (χ0v) is 16.6. The Kier molecular flexibility index (Phi) is 3.50. The van der Waals surface area contributed by atoms with Crippen LogP contribution in [0.15, 0.2) is 42.5 Å². The van der Waals surface area contributed by atoms with E-state index in [-0.39, 0.29) is 10.8 Å². The molecule has 1 aliphatic carbocycles. The molecule has 4 rings (SSSR count). The van der Waals surface area contributed by atoms with Crippen LogP contribution in [-0.2, 0) is 0 Å². The minimum Gasteiger partial charge on any atom is -0.284 e. The Labute approximate surface area is 156 Å². The first-order chi connectivity index (χ1) is 12.1. The molecule has 2 aromatic rings. The van der Waals surface area contributed by atoms with E-state index in [2.05, 4.69) is 84.0 Å². The van der Waals surface area contributed by atoms with Gasteiger partial charge in [-0.05, 0) is 67.9 Å². The van der Waals surface area contributed by atoms with Gasteiger partial charge in [0, 0.05) is 10.8 Å². The fourth-order valence-electron chi connectivity index (χ4n) is 5.18. The second-order valence-electron chi connectivity index (χ2n) is 9.27. The van der Waals surface area contributed by atoms with Gasteiger partial charge in [0.1, 0.15) is 0 Å². The summed E-state index contributed by atoms with van der Waals surface area (Å²) in [5.74, 6) is 0. The van der Waals surface area contributed by atoms with Gasteiger partial charge in [-0.25, -0.2) is 0 Å². The van der Waals surface area contributed by atoms with Crippen LogP contribution in [0.4, 0.5) is 5.69 Å². The lowest BCUT2D eigenvalue weighted by Crippen LogP contribution is -2.37. The van der Waals surface area contributed by atoms with Gasteiger partial charge in [0.2, 0.25) is 5.71 Å². The smallest absolute Gasteiger partial charge is 0.266 e. The second-order valence-corrected chi connectivity index (χ2v) is 9.27. The summed E-state index contributed by atoms with van der Waals surface area (Å²) in [6.07, 6.45) is 3.36. The Bertz CT molecular complexity index is 969. The number of benzene rings is 2. The Morgan fingerprint density at radius 2 is 1.62 bits per heavy atom. The highest BCUT2D eigenvalue weighted by Crippen LogP contribution is 2.51. The van der Waals surface area contributed by atoms with E-state index in [1.807, 2.05) is 0 Å². The van der Waals surface area contributed by atoms with Crippen molar-refractivity contribution in [1.82, 2.24) is 0 Å². The topological polar surface area (TPSA) is 23.2 Å². The molecule has 1 heterocycles. The summed E-state index contributed by atoms with van der Waals surface area (Å²) < 4.78 is 1.44. The molecule has 1 N–H and O–H groups in total. The predicted molar refractivity (Wildman–Crippen MR) is 108 cm³/mol. The van der Waals surface area contributed by atoms with Crippen molar-refractivity contribution in [3.63, 3.8) is 0 Å². The molecule has 0 spiro atoms. The summed E-state index contributed by atoms with van der Waals surface area (Å²) >= 11 is 0. The maximum atomic E-state index is 11.0. The third kappa shape index (κ3) is 2.43. The van der Waals surface area contributed by atoms with Gasteiger partial charge in [0.25, 0.3) is 5.69 Å². The largest absolute Gasteiger partial charge is 0.284 e. The highest BCUT2D eigenvalue weighted by Gasteiger charge is 2.50. The summed E-state index contributed by atoms with van der Waals surface area (Å²) in [5.41, 5.74) is 9.26. The van der Waals surface area contributed by atoms with E-state index in [9.17, 15) is 5.21 Å². The molecule has 134 valence electrons. The average molecular weight is 346 g/mol. The van der Waals surface area contributed by atoms with Crippen LogP contribution in [0, 0.1) is 24.7 Å². The minimum atomic E-state index is -0.0693. The fourth-order valence-corrected chi connectivity index (χ4v) is 5.18. The van der Waals surface area contributed by atoms with Crippen LogP contribution in [0.3, 0.4) is 0 Å². The molecule has 2 aromatic carbocycles. The number of nitrogens with zero attached hydrogens (tertiary/aromatic N) is 1. The van der Waals surface area contributed by atoms with E-state index in [4.69, 9.17) is 0 Å². The van der Waals surface area contributed by atoms with E-state index in [1.165, 1.54) is 27.0 Å². The lowest BCUT2D eigenvalue weighted by Gasteiger charge is -2.35. The Morgan fingerprint density at radius 1 is 0.962 bits per heavy atom. The lowest BCUT2D eigenvalue weighted by atomic mass is 9.65. The zero-order chi connectivity index (χ0) is 18.9. The van der Waals surface area contributed by atoms with E-state index in [1.54, 1.807) is 0 Å². The predicted octanol–water partition coefficient (Wildman–Crippen LogP) is 6.30. The third-order valence-electron chi connectivity index (χ3n) is 5.83. The van der Waals surface area contributed by atoms with E-state index >= 15 is 0 Å². The zero-order valence-electron chi connectivity index (χ0n) is 16.6. The van der Waals surface area contributed by atoms with Crippen LogP contribution in [0.1, 0.15) is 50.8 Å². The maximum absolute atomic E-state index is 11.0. The van der Waals surface area contributed by atoms with Crippen LogP contribution in [-0.4, -0.2) is 15.7 Å². The molecular formula is C24H28NO+. The molecule has 0 fully saturated rings. The van der Waals surface area contributed by atoms with Crippen LogP contribution >= 0.6 is 0 Å².